The number of nitrogens with one attached hydrogen (secondary N) is 1. The lowest BCUT2D eigenvalue weighted by Gasteiger charge is -2.22. The number of alkyl carbamates (subject to hydrolysis) is 1. The normalized spacial score (nSPS) is 27.7. The molecular formula is C12H21NO5. The molecule has 0 radical (unpaired) electrons. The van der Waals surface area contributed by atoms with E-state index in [4.69, 9.17) is 4.74 Å². The highest BCUT2D eigenvalue weighted by atomic mass is 16.6. The molecule has 0 aromatic heterocycles. The second-order valence-electron chi connectivity index (χ2n) is 5.51. The molecule has 18 heavy (non-hydrogen) atoms. The summed E-state index contributed by atoms with van der Waals surface area (Å²) >= 11 is 0. The summed E-state index contributed by atoms with van der Waals surface area (Å²) in [6.45, 7) is 5.28. The Bertz CT molecular complexity index is 323. The number of methoxy groups -OCH3 is 1. The van der Waals surface area contributed by atoms with Crippen molar-refractivity contribution in [2.24, 2.45) is 5.92 Å². The smallest absolute Gasteiger partial charge is 0.407 e. The van der Waals surface area contributed by atoms with Gasteiger partial charge in [-0.1, -0.05) is 0 Å². The van der Waals surface area contributed by atoms with Crippen LogP contribution in [0.25, 0.3) is 0 Å². The summed E-state index contributed by atoms with van der Waals surface area (Å²) in [4.78, 5) is 22.9. The van der Waals surface area contributed by atoms with Crippen molar-refractivity contribution in [2.45, 2.75) is 51.4 Å². The zero-order valence-corrected chi connectivity index (χ0v) is 11.2. The van der Waals surface area contributed by atoms with Gasteiger partial charge < -0.3 is 19.9 Å². The maximum absolute atomic E-state index is 11.5. The Morgan fingerprint density at radius 3 is 2.39 bits per heavy atom. The minimum absolute atomic E-state index is 0.299. The van der Waals surface area contributed by atoms with Crippen molar-refractivity contribution in [3.05, 3.63) is 0 Å². The van der Waals surface area contributed by atoms with Gasteiger partial charge in [0.15, 0.2) is 0 Å². The lowest BCUT2D eigenvalue weighted by atomic mass is 10.1. The molecule has 1 aliphatic carbocycles. The molecule has 0 bridgehead atoms. The van der Waals surface area contributed by atoms with Crippen molar-refractivity contribution in [3.63, 3.8) is 0 Å². The molecule has 0 aromatic rings. The minimum atomic E-state index is -0.749. The van der Waals surface area contributed by atoms with Gasteiger partial charge in [-0.25, -0.2) is 4.79 Å². The Morgan fingerprint density at radius 1 is 1.28 bits per heavy atom. The van der Waals surface area contributed by atoms with Crippen LogP contribution in [0.3, 0.4) is 0 Å². The molecule has 6 nitrogen and oxygen atoms in total. The first-order valence-electron chi connectivity index (χ1n) is 5.98. The van der Waals surface area contributed by atoms with Crippen molar-refractivity contribution < 1.29 is 24.2 Å². The topological polar surface area (TPSA) is 84.9 Å². The summed E-state index contributed by atoms with van der Waals surface area (Å²) in [5, 5.41) is 12.3. The van der Waals surface area contributed by atoms with Crippen LogP contribution in [0.2, 0.25) is 0 Å². The number of hydrogen-bond donors (Lipinski definition) is 2. The first-order valence-corrected chi connectivity index (χ1v) is 5.98. The lowest BCUT2D eigenvalue weighted by Crippen LogP contribution is -2.42. The molecule has 2 N–H and O–H groups in total. The third-order valence-electron chi connectivity index (χ3n) is 2.77. The predicted octanol–water partition coefficient (Wildman–Crippen LogP) is 0.824. The van der Waals surface area contributed by atoms with E-state index in [0.29, 0.717) is 12.8 Å². The van der Waals surface area contributed by atoms with E-state index >= 15 is 0 Å². The van der Waals surface area contributed by atoms with Crippen LogP contribution in [0, 0.1) is 5.92 Å². The molecule has 0 saturated heterocycles. The van der Waals surface area contributed by atoms with Gasteiger partial charge in [-0.15, -0.1) is 0 Å². The van der Waals surface area contributed by atoms with Gasteiger partial charge in [-0.3, -0.25) is 4.79 Å². The highest BCUT2D eigenvalue weighted by Gasteiger charge is 2.38. The fourth-order valence-corrected chi connectivity index (χ4v) is 1.99. The summed E-state index contributed by atoms with van der Waals surface area (Å²) in [7, 11) is 1.31. The molecular weight excluding hydrogens is 238 g/mol. The van der Waals surface area contributed by atoms with Gasteiger partial charge in [-0.05, 0) is 33.6 Å². The average Bonchev–Trinajstić information content (AvgIpc) is 2.56. The standard InChI is InChI=1S/C12H21NO5/c1-12(2,3)18-11(16)13-8-5-7(6-9(8)14)10(15)17-4/h7-9,14H,5-6H2,1-4H3,(H,13,16)/t7?,8-,9-/m0/s1. The molecule has 1 saturated carbocycles. The second-order valence-corrected chi connectivity index (χ2v) is 5.51. The van der Waals surface area contributed by atoms with Gasteiger partial charge in [0.05, 0.1) is 25.2 Å². The number of esters is 1. The quantitative estimate of drug-likeness (QED) is 0.717. The largest absolute Gasteiger partial charge is 0.469 e. The van der Waals surface area contributed by atoms with E-state index < -0.39 is 23.8 Å². The van der Waals surface area contributed by atoms with Gasteiger partial charge in [0.1, 0.15) is 5.60 Å². The summed E-state index contributed by atoms with van der Waals surface area (Å²) in [5.41, 5.74) is -0.588. The van der Waals surface area contributed by atoms with Crippen LogP contribution in [-0.2, 0) is 14.3 Å². The number of carbonyl (C=O) groups excluding carboxylic acids is 2. The molecule has 0 heterocycles. The molecule has 1 rings (SSSR count). The van der Waals surface area contributed by atoms with Crippen LogP contribution in [0.1, 0.15) is 33.6 Å². The van der Waals surface area contributed by atoms with Gasteiger partial charge in [0.2, 0.25) is 0 Å². The molecule has 0 aliphatic heterocycles. The zero-order valence-electron chi connectivity index (χ0n) is 11.2. The molecule has 6 heteroatoms. The van der Waals surface area contributed by atoms with Crippen molar-refractivity contribution in [3.8, 4) is 0 Å². The number of ether oxygens (including phenoxy) is 2. The highest BCUT2D eigenvalue weighted by molar-refractivity contribution is 5.73. The molecule has 1 aliphatic rings. The number of carbonyl (C=O) groups is 2. The molecule has 0 spiro atoms. The van der Waals surface area contributed by atoms with Crippen LogP contribution < -0.4 is 5.32 Å². The van der Waals surface area contributed by atoms with E-state index in [1.807, 2.05) is 0 Å². The van der Waals surface area contributed by atoms with Crippen LogP contribution in [0.5, 0.6) is 0 Å². The fourth-order valence-electron chi connectivity index (χ4n) is 1.99. The van der Waals surface area contributed by atoms with Gasteiger partial charge in [-0.2, -0.15) is 0 Å². The Labute approximate surface area is 107 Å². The number of aliphatic hydroxyl groups excluding tert-OH is 1. The Morgan fingerprint density at radius 2 is 1.89 bits per heavy atom. The van der Waals surface area contributed by atoms with Crippen molar-refractivity contribution in [1.82, 2.24) is 5.32 Å². The molecule has 1 amide bonds. The third kappa shape index (κ3) is 4.18. The fraction of sp³-hybridized carbons (Fsp3) is 0.833. The predicted molar refractivity (Wildman–Crippen MR) is 63.9 cm³/mol. The summed E-state index contributed by atoms with van der Waals surface area (Å²) in [6.07, 6.45) is -0.668. The van der Waals surface area contributed by atoms with E-state index in [-0.39, 0.29) is 11.9 Å². The molecule has 104 valence electrons. The summed E-state index contributed by atoms with van der Waals surface area (Å²) in [5.74, 6) is -0.729. The Hall–Kier alpha value is -1.30. The molecule has 3 atom stereocenters. The number of hydrogen-bond acceptors (Lipinski definition) is 5. The number of amides is 1. The second kappa shape index (κ2) is 5.56. The SMILES string of the molecule is COC(=O)C1C[C@H](NC(=O)OC(C)(C)C)[C@@H](O)C1. The maximum atomic E-state index is 11.5. The van der Waals surface area contributed by atoms with Gasteiger partial charge >= 0.3 is 12.1 Å². The van der Waals surface area contributed by atoms with Gasteiger partial charge in [0.25, 0.3) is 0 Å². The number of aliphatic hydroxyl groups is 1. The average molecular weight is 259 g/mol. The Kier molecular flexibility index (Phi) is 4.56. The van der Waals surface area contributed by atoms with E-state index in [0.717, 1.165) is 0 Å². The number of rotatable bonds is 2. The van der Waals surface area contributed by atoms with Crippen LogP contribution in [0.15, 0.2) is 0 Å². The maximum Gasteiger partial charge on any atom is 0.407 e. The van der Waals surface area contributed by atoms with Crippen molar-refractivity contribution in [1.29, 1.82) is 0 Å². The first-order chi connectivity index (χ1) is 8.23. The first kappa shape index (κ1) is 14.8. The highest BCUT2D eigenvalue weighted by Crippen LogP contribution is 2.27. The van der Waals surface area contributed by atoms with Crippen LogP contribution in [-0.4, -0.2) is 42.0 Å². The van der Waals surface area contributed by atoms with E-state index in [1.54, 1.807) is 20.8 Å². The Balaban J connectivity index is 2.49. The van der Waals surface area contributed by atoms with Gasteiger partial charge in [0, 0.05) is 0 Å². The summed E-state index contributed by atoms with van der Waals surface area (Å²) in [6, 6.07) is -0.469. The van der Waals surface area contributed by atoms with Crippen LogP contribution >= 0.6 is 0 Å². The van der Waals surface area contributed by atoms with E-state index in [1.165, 1.54) is 7.11 Å². The molecule has 0 aromatic carbocycles. The minimum Gasteiger partial charge on any atom is -0.469 e. The lowest BCUT2D eigenvalue weighted by molar-refractivity contribution is -0.145. The van der Waals surface area contributed by atoms with Crippen molar-refractivity contribution in [2.75, 3.05) is 7.11 Å². The van der Waals surface area contributed by atoms with Crippen molar-refractivity contribution >= 4 is 12.1 Å². The summed E-state index contributed by atoms with van der Waals surface area (Å²) < 4.78 is 9.72. The molecule has 1 fully saturated rings. The van der Waals surface area contributed by atoms with E-state index in [2.05, 4.69) is 10.1 Å². The third-order valence-corrected chi connectivity index (χ3v) is 2.77. The van der Waals surface area contributed by atoms with E-state index in [9.17, 15) is 14.7 Å². The van der Waals surface area contributed by atoms with Crippen LogP contribution in [0.4, 0.5) is 4.79 Å². The monoisotopic (exact) mass is 259 g/mol. The molecule has 1 unspecified atom stereocenters. The zero-order chi connectivity index (χ0) is 13.9.